The minimum atomic E-state index is -1.08. The Morgan fingerprint density at radius 2 is 2.38 bits per heavy atom. The highest BCUT2D eigenvalue weighted by Gasteiger charge is 2.20. The van der Waals surface area contributed by atoms with Gasteiger partial charge in [0.05, 0.1) is 5.25 Å². The van der Waals surface area contributed by atoms with Gasteiger partial charge in [-0.3, -0.25) is 0 Å². The summed E-state index contributed by atoms with van der Waals surface area (Å²) >= 11 is 1.81. The third kappa shape index (κ3) is 2.27. The van der Waals surface area contributed by atoms with Crippen molar-refractivity contribution in [3.8, 4) is 0 Å². The van der Waals surface area contributed by atoms with Crippen LogP contribution in [0.3, 0.4) is 0 Å². The maximum atomic E-state index is 10.7. The molecule has 2 heterocycles. The number of carboxylic acid groups (broad SMARTS) is 1. The molecule has 1 atom stereocenters. The molecule has 1 unspecified atom stereocenters. The fraction of sp³-hybridized carbons (Fsp3) is 0.500. The van der Waals surface area contributed by atoms with Gasteiger partial charge in [0, 0.05) is 6.20 Å². The summed E-state index contributed by atoms with van der Waals surface area (Å²) in [6.07, 6.45) is 4.73. The second kappa shape index (κ2) is 4.69. The van der Waals surface area contributed by atoms with Crippen LogP contribution in [0.5, 0.6) is 0 Å². The molecule has 86 valence electrons. The summed E-state index contributed by atoms with van der Waals surface area (Å²) in [4.78, 5) is 18.9. The number of carboxylic acids is 1. The van der Waals surface area contributed by atoms with E-state index in [-0.39, 0.29) is 16.6 Å². The van der Waals surface area contributed by atoms with Crippen molar-refractivity contribution in [3.05, 3.63) is 17.6 Å². The minimum Gasteiger partial charge on any atom is -0.477 e. The van der Waals surface area contributed by atoms with Crippen molar-refractivity contribution < 1.29 is 9.90 Å². The number of rotatable bonds is 2. The van der Waals surface area contributed by atoms with E-state index in [1.165, 1.54) is 19.0 Å². The number of aromatic nitrogens is 2. The molecule has 0 radical (unpaired) electrons. The van der Waals surface area contributed by atoms with Gasteiger partial charge in [0.2, 0.25) is 0 Å². The average Bonchev–Trinajstić information content (AvgIpc) is 2.29. The molecular weight excluding hydrogens is 226 g/mol. The zero-order chi connectivity index (χ0) is 11.5. The molecule has 0 amide bonds. The first-order valence-corrected chi connectivity index (χ1v) is 6.20. The number of nitrogens with two attached hydrogens (primary N) is 1. The van der Waals surface area contributed by atoms with Crippen LogP contribution in [0.25, 0.3) is 0 Å². The topological polar surface area (TPSA) is 89.1 Å². The number of anilines is 1. The van der Waals surface area contributed by atoms with Crippen LogP contribution in [-0.4, -0.2) is 26.8 Å². The molecule has 1 aromatic rings. The molecule has 1 fully saturated rings. The minimum absolute atomic E-state index is 0.0236. The largest absolute Gasteiger partial charge is 0.477 e. The van der Waals surface area contributed by atoms with Crippen LogP contribution in [0.2, 0.25) is 0 Å². The van der Waals surface area contributed by atoms with E-state index in [0.717, 1.165) is 12.2 Å². The first kappa shape index (κ1) is 11.2. The van der Waals surface area contributed by atoms with Crippen molar-refractivity contribution in [2.75, 3.05) is 11.5 Å². The van der Waals surface area contributed by atoms with Crippen molar-refractivity contribution in [1.82, 2.24) is 9.97 Å². The van der Waals surface area contributed by atoms with E-state index < -0.39 is 5.97 Å². The lowest BCUT2D eigenvalue weighted by Crippen LogP contribution is -2.11. The van der Waals surface area contributed by atoms with Crippen molar-refractivity contribution >= 4 is 23.5 Å². The molecule has 1 aliphatic heterocycles. The van der Waals surface area contributed by atoms with E-state index in [9.17, 15) is 4.79 Å². The third-order valence-corrected chi connectivity index (χ3v) is 3.91. The van der Waals surface area contributed by atoms with Crippen LogP contribution in [0.4, 0.5) is 5.82 Å². The van der Waals surface area contributed by atoms with Gasteiger partial charge >= 0.3 is 5.97 Å². The van der Waals surface area contributed by atoms with Crippen LogP contribution < -0.4 is 5.73 Å². The highest BCUT2D eigenvalue weighted by molar-refractivity contribution is 7.99. The van der Waals surface area contributed by atoms with Gasteiger partial charge < -0.3 is 10.8 Å². The first-order chi connectivity index (χ1) is 7.68. The number of carbonyl (C=O) groups is 1. The monoisotopic (exact) mass is 239 g/mol. The molecular formula is C10H13N3O2S. The van der Waals surface area contributed by atoms with E-state index in [2.05, 4.69) is 9.97 Å². The summed E-state index contributed by atoms with van der Waals surface area (Å²) in [5, 5.41) is 9.06. The fourth-order valence-corrected chi connectivity index (χ4v) is 2.92. The smallest absolute Gasteiger partial charge is 0.341 e. The molecule has 5 nitrogen and oxygen atoms in total. The Hall–Kier alpha value is -1.30. The van der Waals surface area contributed by atoms with E-state index in [1.54, 1.807) is 0 Å². The molecule has 3 N–H and O–H groups in total. The second-order valence-corrected chi connectivity index (χ2v) is 5.00. The molecule has 0 aromatic carbocycles. The van der Waals surface area contributed by atoms with Gasteiger partial charge in [-0.15, -0.1) is 0 Å². The quantitative estimate of drug-likeness (QED) is 0.816. The molecule has 0 saturated carbocycles. The Balaban J connectivity index is 2.23. The van der Waals surface area contributed by atoms with Crippen LogP contribution in [0, 0.1) is 0 Å². The van der Waals surface area contributed by atoms with E-state index >= 15 is 0 Å². The Morgan fingerprint density at radius 1 is 1.56 bits per heavy atom. The number of hydrogen-bond acceptors (Lipinski definition) is 5. The number of nitrogen functional groups attached to an aromatic ring is 1. The summed E-state index contributed by atoms with van der Waals surface area (Å²) in [5.41, 5.74) is 5.56. The fourth-order valence-electron chi connectivity index (χ4n) is 1.67. The van der Waals surface area contributed by atoms with Crippen LogP contribution in [-0.2, 0) is 0 Å². The summed E-state index contributed by atoms with van der Waals surface area (Å²) in [6.45, 7) is 0. The molecule has 1 aliphatic rings. The zero-order valence-corrected chi connectivity index (χ0v) is 9.54. The molecule has 2 rings (SSSR count). The van der Waals surface area contributed by atoms with Gasteiger partial charge in [0.15, 0.2) is 0 Å². The normalized spacial score (nSPS) is 20.6. The van der Waals surface area contributed by atoms with Crippen molar-refractivity contribution in [2.45, 2.75) is 24.5 Å². The van der Waals surface area contributed by atoms with Gasteiger partial charge in [0.25, 0.3) is 0 Å². The Kier molecular flexibility index (Phi) is 3.28. The lowest BCUT2D eigenvalue weighted by Gasteiger charge is -2.19. The maximum Gasteiger partial charge on any atom is 0.341 e. The van der Waals surface area contributed by atoms with Gasteiger partial charge in [-0.05, 0) is 18.6 Å². The number of hydrogen-bond donors (Lipinski definition) is 2. The Morgan fingerprint density at radius 3 is 2.94 bits per heavy atom. The first-order valence-electron chi connectivity index (χ1n) is 5.16. The predicted octanol–water partition coefficient (Wildman–Crippen LogP) is 1.72. The SMILES string of the molecule is Nc1nc(C2CCCCS2)ncc1C(=O)O. The Bertz CT molecular complexity index is 405. The highest BCUT2D eigenvalue weighted by atomic mass is 32.2. The lowest BCUT2D eigenvalue weighted by molar-refractivity contribution is 0.0697. The highest BCUT2D eigenvalue weighted by Crippen LogP contribution is 2.36. The molecule has 1 aromatic heterocycles. The molecule has 0 spiro atoms. The van der Waals surface area contributed by atoms with Crippen LogP contribution in [0.15, 0.2) is 6.20 Å². The Labute approximate surface area is 97.5 Å². The van der Waals surface area contributed by atoms with Crippen LogP contribution >= 0.6 is 11.8 Å². The van der Waals surface area contributed by atoms with E-state index in [1.807, 2.05) is 11.8 Å². The predicted molar refractivity (Wildman–Crippen MR) is 62.5 cm³/mol. The van der Waals surface area contributed by atoms with E-state index in [4.69, 9.17) is 10.8 Å². The lowest BCUT2D eigenvalue weighted by atomic mass is 10.2. The van der Waals surface area contributed by atoms with Crippen molar-refractivity contribution in [2.24, 2.45) is 0 Å². The number of nitrogens with zero attached hydrogens (tertiary/aromatic N) is 2. The molecule has 0 bridgehead atoms. The maximum absolute atomic E-state index is 10.7. The summed E-state index contributed by atoms with van der Waals surface area (Å²) < 4.78 is 0. The number of aromatic carboxylic acids is 1. The standard InChI is InChI=1S/C10H13N3O2S/c11-8-6(10(14)15)5-12-9(13-8)7-3-1-2-4-16-7/h5,7H,1-4H2,(H,14,15)(H2,11,12,13). The van der Waals surface area contributed by atoms with Gasteiger partial charge in [-0.2, -0.15) is 11.8 Å². The average molecular weight is 239 g/mol. The third-order valence-electron chi connectivity index (χ3n) is 2.53. The molecule has 16 heavy (non-hydrogen) atoms. The van der Waals surface area contributed by atoms with Crippen LogP contribution in [0.1, 0.15) is 40.7 Å². The van der Waals surface area contributed by atoms with Crippen molar-refractivity contribution in [1.29, 1.82) is 0 Å². The molecule has 6 heteroatoms. The van der Waals surface area contributed by atoms with Gasteiger partial charge in [0.1, 0.15) is 17.2 Å². The molecule has 1 saturated heterocycles. The van der Waals surface area contributed by atoms with E-state index in [0.29, 0.717) is 5.82 Å². The molecule has 0 aliphatic carbocycles. The van der Waals surface area contributed by atoms with Gasteiger partial charge in [-0.1, -0.05) is 6.42 Å². The van der Waals surface area contributed by atoms with Crippen molar-refractivity contribution in [3.63, 3.8) is 0 Å². The summed E-state index contributed by atoms with van der Waals surface area (Å²) in [7, 11) is 0. The zero-order valence-electron chi connectivity index (χ0n) is 8.72. The summed E-state index contributed by atoms with van der Waals surface area (Å²) in [6, 6.07) is 0. The van der Waals surface area contributed by atoms with Gasteiger partial charge in [-0.25, -0.2) is 14.8 Å². The second-order valence-electron chi connectivity index (χ2n) is 3.69. The number of thioether (sulfide) groups is 1. The summed E-state index contributed by atoms with van der Waals surface area (Å²) in [5.74, 6) is 0.741.